The van der Waals surface area contributed by atoms with Crippen LogP contribution in [0, 0.1) is 0 Å². The minimum atomic E-state index is -0.442. The van der Waals surface area contributed by atoms with Crippen molar-refractivity contribution in [1.82, 2.24) is 15.5 Å². The molecule has 0 saturated carbocycles. The Balaban J connectivity index is 0.000000180. The molecule has 1 aromatic heterocycles. The van der Waals surface area contributed by atoms with E-state index in [9.17, 15) is 14.4 Å². The van der Waals surface area contributed by atoms with Crippen molar-refractivity contribution in [3.8, 4) is 0 Å². The van der Waals surface area contributed by atoms with Crippen LogP contribution in [0.1, 0.15) is 23.2 Å². The third kappa shape index (κ3) is 3.61. The molecule has 8 nitrogen and oxygen atoms in total. The Bertz CT molecular complexity index is 432. The molecule has 0 aromatic carbocycles. The van der Waals surface area contributed by atoms with Gasteiger partial charge in [-0.2, -0.15) is 10.5 Å². The van der Waals surface area contributed by atoms with Gasteiger partial charge in [-0.1, -0.05) is 0 Å². The molecule has 5 N–H and O–H groups in total. The van der Waals surface area contributed by atoms with Gasteiger partial charge in [-0.15, -0.1) is 0 Å². The number of nitrogens with zero attached hydrogens (tertiary/aromatic N) is 2. The highest BCUT2D eigenvalue weighted by atomic mass is 16.2. The van der Waals surface area contributed by atoms with Crippen LogP contribution in [0.3, 0.4) is 0 Å². The quantitative estimate of drug-likeness (QED) is 0.340. The fourth-order valence-corrected chi connectivity index (χ4v) is 1.23. The summed E-state index contributed by atoms with van der Waals surface area (Å²) in [6.07, 6.45) is 3.56. The first-order valence-electron chi connectivity index (χ1n) is 5.08. The Morgan fingerprint density at radius 2 is 1.94 bits per heavy atom. The number of rotatable bonds is 2. The average Bonchev–Trinajstić information content (AvgIpc) is 2.70. The lowest BCUT2D eigenvalue weighted by molar-refractivity contribution is -0.142. The summed E-state index contributed by atoms with van der Waals surface area (Å²) in [7, 11) is 0. The van der Waals surface area contributed by atoms with Crippen molar-refractivity contribution in [3.05, 3.63) is 30.1 Å². The number of pyridine rings is 1. The second-order valence-electron chi connectivity index (χ2n) is 3.36. The van der Waals surface area contributed by atoms with E-state index in [1.54, 1.807) is 18.3 Å². The van der Waals surface area contributed by atoms with Gasteiger partial charge in [-0.3, -0.25) is 25.2 Å². The van der Waals surface area contributed by atoms with E-state index in [-0.39, 0.29) is 24.7 Å². The summed E-state index contributed by atoms with van der Waals surface area (Å²) in [5, 5.41) is 0.819. The summed E-state index contributed by atoms with van der Waals surface area (Å²) < 4.78 is 0. The van der Waals surface area contributed by atoms with Crippen LogP contribution in [0.15, 0.2) is 24.5 Å². The van der Waals surface area contributed by atoms with E-state index in [1.165, 1.54) is 6.20 Å². The SMILES string of the molecule is NC(=O)c1cccnc1.NNN1C(=O)CCC1=O. The van der Waals surface area contributed by atoms with Gasteiger partial charge in [0.05, 0.1) is 5.56 Å². The zero-order valence-corrected chi connectivity index (χ0v) is 9.50. The van der Waals surface area contributed by atoms with Gasteiger partial charge in [0.1, 0.15) is 0 Å². The molecule has 0 unspecified atom stereocenters. The maximum absolute atomic E-state index is 10.6. The second kappa shape index (κ2) is 6.42. The van der Waals surface area contributed by atoms with Crippen LogP contribution in [-0.2, 0) is 9.59 Å². The van der Waals surface area contributed by atoms with Gasteiger partial charge in [-0.25, -0.2) is 0 Å². The Morgan fingerprint density at radius 1 is 1.33 bits per heavy atom. The molecule has 0 bridgehead atoms. The van der Waals surface area contributed by atoms with Crippen molar-refractivity contribution in [1.29, 1.82) is 0 Å². The lowest BCUT2D eigenvalue weighted by Gasteiger charge is -2.08. The number of hydrogen-bond donors (Lipinski definition) is 3. The van der Waals surface area contributed by atoms with Gasteiger partial charge in [0, 0.05) is 25.2 Å². The molecule has 18 heavy (non-hydrogen) atoms. The monoisotopic (exact) mass is 251 g/mol. The highest BCUT2D eigenvalue weighted by molar-refractivity contribution is 6.01. The molecule has 96 valence electrons. The zero-order valence-electron chi connectivity index (χ0n) is 9.50. The van der Waals surface area contributed by atoms with Crippen molar-refractivity contribution < 1.29 is 14.4 Å². The Hall–Kier alpha value is -2.32. The highest BCUT2D eigenvalue weighted by Gasteiger charge is 2.27. The first-order valence-corrected chi connectivity index (χ1v) is 5.08. The third-order valence-corrected chi connectivity index (χ3v) is 2.13. The fraction of sp³-hybridized carbons (Fsp3) is 0.200. The maximum atomic E-state index is 10.6. The predicted molar refractivity (Wildman–Crippen MR) is 61.2 cm³/mol. The molecule has 1 aliphatic rings. The molecule has 3 amide bonds. The van der Waals surface area contributed by atoms with Gasteiger partial charge in [-0.05, 0) is 12.1 Å². The summed E-state index contributed by atoms with van der Waals surface area (Å²) in [6.45, 7) is 0. The van der Waals surface area contributed by atoms with E-state index < -0.39 is 5.91 Å². The molecule has 1 aliphatic heterocycles. The van der Waals surface area contributed by atoms with Crippen molar-refractivity contribution in [2.45, 2.75) is 12.8 Å². The molecule has 1 fully saturated rings. The lowest BCUT2D eigenvalue weighted by Crippen LogP contribution is -2.46. The number of hydrogen-bond acceptors (Lipinski definition) is 6. The van der Waals surface area contributed by atoms with E-state index in [2.05, 4.69) is 4.98 Å². The molecular weight excluding hydrogens is 238 g/mol. The molecule has 0 radical (unpaired) electrons. The maximum Gasteiger partial charge on any atom is 0.250 e. The smallest absolute Gasteiger partial charge is 0.250 e. The number of nitrogens with two attached hydrogens (primary N) is 2. The van der Waals surface area contributed by atoms with Crippen molar-refractivity contribution >= 4 is 17.7 Å². The fourth-order valence-electron chi connectivity index (χ4n) is 1.23. The van der Waals surface area contributed by atoms with Gasteiger partial charge in [0.15, 0.2) is 0 Å². The van der Waals surface area contributed by atoms with Gasteiger partial charge >= 0.3 is 0 Å². The molecular formula is C10H13N5O3. The number of imide groups is 1. The van der Waals surface area contributed by atoms with Gasteiger partial charge in [0.25, 0.3) is 0 Å². The number of carbonyl (C=O) groups is 3. The van der Waals surface area contributed by atoms with Crippen molar-refractivity contribution in [3.63, 3.8) is 0 Å². The minimum absolute atomic E-state index is 0.262. The third-order valence-electron chi connectivity index (χ3n) is 2.13. The first kappa shape index (κ1) is 13.7. The standard InChI is InChI=1S/C6H6N2O.C4H7N3O2/c7-6(9)5-2-1-3-8-4-5;5-6-7-3(8)1-2-4(7)9/h1-4H,(H2,7,9);6H,1-2,5H2. The number of carbonyl (C=O) groups excluding carboxylic acids is 3. The summed E-state index contributed by atoms with van der Waals surface area (Å²) >= 11 is 0. The average molecular weight is 251 g/mol. The van der Waals surface area contributed by atoms with Gasteiger partial charge < -0.3 is 5.73 Å². The van der Waals surface area contributed by atoms with Crippen LogP contribution in [0.25, 0.3) is 0 Å². The molecule has 2 heterocycles. The Morgan fingerprint density at radius 3 is 2.22 bits per heavy atom. The number of nitrogens with one attached hydrogen (secondary N) is 1. The number of primary amides is 1. The zero-order chi connectivity index (χ0) is 13.5. The molecule has 0 aliphatic carbocycles. The van der Waals surface area contributed by atoms with Gasteiger partial charge in [0.2, 0.25) is 17.7 Å². The number of amides is 3. The first-order chi connectivity index (χ1) is 8.56. The molecule has 1 saturated heterocycles. The summed E-state index contributed by atoms with van der Waals surface area (Å²) in [4.78, 5) is 35.2. The van der Waals surface area contributed by atoms with Crippen LogP contribution in [0.2, 0.25) is 0 Å². The molecule has 2 rings (SSSR count). The van der Waals surface area contributed by atoms with E-state index in [0.29, 0.717) is 5.56 Å². The lowest BCUT2D eigenvalue weighted by atomic mass is 10.3. The Labute approximate surface area is 103 Å². The molecule has 0 spiro atoms. The van der Waals surface area contributed by atoms with E-state index in [0.717, 1.165) is 5.01 Å². The molecule has 8 heteroatoms. The minimum Gasteiger partial charge on any atom is -0.366 e. The predicted octanol–water partition coefficient (Wildman–Crippen LogP) is -1.31. The van der Waals surface area contributed by atoms with E-state index in [1.807, 2.05) is 5.53 Å². The molecule has 1 aromatic rings. The molecule has 0 atom stereocenters. The van der Waals surface area contributed by atoms with E-state index in [4.69, 9.17) is 11.6 Å². The number of aromatic nitrogens is 1. The van der Waals surface area contributed by atoms with Crippen molar-refractivity contribution in [2.24, 2.45) is 11.6 Å². The summed E-state index contributed by atoms with van der Waals surface area (Å²) in [5.41, 5.74) is 7.37. The highest BCUT2D eigenvalue weighted by Crippen LogP contribution is 2.06. The Kier molecular flexibility index (Phi) is 4.90. The summed E-state index contributed by atoms with van der Waals surface area (Å²) in [5.74, 6) is 3.88. The van der Waals surface area contributed by atoms with Crippen molar-refractivity contribution in [2.75, 3.05) is 0 Å². The van der Waals surface area contributed by atoms with Crippen LogP contribution in [0.5, 0.6) is 0 Å². The van der Waals surface area contributed by atoms with Crippen LogP contribution < -0.4 is 17.1 Å². The number of hydrazine groups is 2. The second-order valence-corrected chi connectivity index (χ2v) is 3.36. The van der Waals surface area contributed by atoms with Crippen LogP contribution in [0.4, 0.5) is 0 Å². The van der Waals surface area contributed by atoms with Crippen LogP contribution in [-0.4, -0.2) is 27.7 Å². The summed E-state index contributed by atoms with van der Waals surface area (Å²) in [6, 6.07) is 3.29. The van der Waals surface area contributed by atoms with Crippen LogP contribution >= 0.6 is 0 Å². The largest absolute Gasteiger partial charge is 0.366 e. The van der Waals surface area contributed by atoms with E-state index >= 15 is 0 Å². The normalized spacial score (nSPS) is 14.2. The topological polar surface area (TPSA) is 131 Å².